The van der Waals surface area contributed by atoms with E-state index in [1.54, 1.807) is 62.4 Å². The molecule has 0 saturated carbocycles. The molecule has 1 atom stereocenters. The molecule has 7 nitrogen and oxygen atoms in total. The van der Waals surface area contributed by atoms with Gasteiger partial charge in [-0.3, -0.25) is 14.4 Å². The number of nitrogens with zero attached hydrogens (tertiary/aromatic N) is 1. The molecule has 3 amide bonds. The van der Waals surface area contributed by atoms with E-state index in [1.807, 2.05) is 0 Å². The summed E-state index contributed by atoms with van der Waals surface area (Å²) in [7, 11) is 0. The van der Waals surface area contributed by atoms with Gasteiger partial charge in [-0.05, 0) is 46.1 Å². The number of esters is 1. The van der Waals surface area contributed by atoms with Crippen LogP contribution < -0.4 is 5.32 Å². The van der Waals surface area contributed by atoms with Gasteiger partial charge in [-0.1, -0.05) is 38.1 Å². The molecule has 8 heteroatoms. The quantitative estimate of drug-likeness (QED) is 0.530. The zero-order chi connectivity index (χ0) is 21.1. The molecule has 0 saturated heterocycles. The highest BCUT2D eigenvalue weighted by atomic mass is 79.9. The normalized spacial score (nSPS) is 14.0. The molecular formula is C21H19BrN2O5. The van der Waals surface area contributed by atoms with E-state index in [0.717, 1.165) is 4.90 Å². The first kappa shape index (κ1) is 20.7. The number of fused-ring (bicyclic) bond motifs is 1. The lowest BCUT2D eigenvalue weighted by atomic mass is 10.0. The summed E-state index contributed by atoms with van der Waals surface area (Å²) in [5.74, 6) is -2.46. The minimum absolute atomic E-state index is 0.267. The van der Waals surface area contributed by atoms with Gasteiger partial charge in [0, 0.05) is 4.47 Å². The number of carbonyl (C=O) groups is 4. The van der Waals surface area contributed by atoms with E-state index in [0.29, 0.717) is 10.0 Å². The largest absolute Gasteiger partial charge is 0.442 e. The van der Waals surface area contributed by atoms with E-state index in [-0.39, 0.29) is 17.0 Å². The molecule has 0 radical (unpaired) electrons. The Kier molecular flexibility index (Phi) is 6.12. The lowest BCUT2D eigenvalue weighted by Gasteiger charge is -2.22. The van der Waals surface area contributed by atoms with Crippen LogP contribution in [0.15, 0.2) is 53.0 Å². The number of benzene rings is 2. The van der Waals surface area contributed by atoms with Crippen molar-refractivity contribution in [2.75, 3.05) is 6.73 Å². The van der Waals surface area contributed by atoms with Crippen molar-refractivity contribution < 1.29 is 23.9 Å². The summed E-state index contributed by atoms with van der Waals surface area (Å²) in [5, 5.41) is 2.66. The van der Waals surface area contributed by atoms with Crippen LogP contribution in [0.5, 0.6) is 0 Å². The minimum atomic E-state index is -0.940. The zero-order valence-electron chi connectivity index (χ0n) is 15.8. The highest BCUT2D eigenvalue weighted by molar-refractivity contribution is 9.10. The van der Waals surface area contributed by atoms with Gasteiger partial charge >= 0.3 is 5.97 Å². The Morgan fingerprint density at radius 2 is 1.55 bits per heavy atom. The maximum atomic E-state index is 12.6. The van der Waals surface area contributed by atoms with Crippen molar-refractivity contribution >= 4 is 39.6 Å². The van der Waals surface area contributed by atoms with Crippen LogP contribution >= 0.6 is 15.9 Å². The lowest BCUT2D eigenvalue weighted by Crippen LogP contribution is -2.46. The highest BCUT2D eigenvalue weighted by Crippen LogP contribution is 2.22. The SMILES string of the molecule is CC(C)C(NC(=O)c1ccccc1Br)C(=O)OCN1C(=O)c2ccccc2C1=O. The van der Waals surface area contributed by atoms with E-state index in [4.69, 9.17) is 4.74 Å². The topological polar surface area (TPSA) is 92.8 Å². The Morgan fingerprint density at radius 1 is 1.00 bits per heavy atom. The number of hydrogen-bond donors (Lipinski definition) is 1. The number of carbonyl (C=O) groups excluding carboxylic acids is 4. The van der Waals surface area contributed by atoms with E-state index in [1.165, 1.54) is 0 Å². The number of nitrogens with one attached hydrogen (secondary N) is 1. The van der Waals surface area contributed by atoms with Crippen molar-refractivity contribution in [3.8, 4) is 0 Å². The summed E-state index contributed by atoms with van der Waals surface area (Å²) in [6.07, 6.45) is 0. The molecule has 0 aliphatic carbocycles. The van der Waals surface area contributed by atoms with Crippen molar-refractivity contribution in [1.29, 1.82) is 0 Å². The second-order valence-electron chi connectivity index (χ2n) is 6.85. The lowest BCUT2D eigenvalue weighted by molar-refractivity contribution is -0.149. The number of ether oxygens (including phenoxy) is 1. The third kappa shape index (κ3) is 4.22. The first-order valence-electron chi connectivity index (χ1n) is 8.98. The Balaban J connectivity index is 1.67. The number of imide groups is 1. The molecule has 1 aliphatic heterocycles. The van der Waals surface area contributed by atoms with Crippen LogP contribution in [-0.2, 0) is 9.53 Å². The fraction of sp³-hybridized carbons (Fsp3) is 0.238. The smallest absolute Gasteiger partial charge is 0.330 e. The molecule has 1 unspecified atom stereocenters. The van der Waals surface area contributed by atoms with Crippen molar-refractivity contribution in [3.05, 3.63) is 69.7 Å². The summed E-state index contributed by atoms with van der Waals surface area (Å²) in [6.45, 7) is 3.00. The van der Waals surface area contributed by atoms with Gasteiger partial charge in [0.1, 0.15) is 6.04 Å². The average Bonchev–Trinajstić information content (AvgIpc) is 2.94. The van der Waals surface area contributed by atoms with Gasteiger partial charge in [-0.15, -0.1) is 0 Å². The number of rotatable bonds is 6. The van der Waals surface area contributed by atoms with Crippen LogP contribution in [0.4, 0.5) is 0 Å². The van der Waals surface area contributed by atoms with E-state index < -0.39 is 36.5 Å². The van der Waals surface area contributed by atoms with Gasteiger partial charge in [-0.2, -0.15) is 0 Å². The molecule has 0 spiro atoms. The predicted molar refractivity (Wildman–Crippen MR) is 108 cm³/mol. The van der Waals surface area contributed by atoms with Gasteiger partial charge in [0.05, 0.1) is 16.7 Å². The molecule has 2 aromatic carbocycles. The number of halogens is 1. The Labute approximate surface area is 176 Å². The molecule has 2 aromatic rings. The molecule has 0 fully saturated rings. The maximum Gasteiger partial charge on any atom is 0.330 e. The van der Waals surface area contributed by atoms with Gasteiger partial charge in [0.25, 0.3) is 17.7 Å². The summed E-state index contributed by atoms with van der Waals surface area (Å²) < 4.78 is 5.80. The summed E-state index contributed by atoms with van der Waals surface area (Å²) in [5.41, 5.74) is 0.929. The Morgan fingerprint density at radius 3 is 2.10 bits per heavy atom. The van der Waals surface area contributed by atoms with E-state index in [9.17, 15) is 19.2 Å². The summed E-state index contributed by atoms with van der Waals surface area (Å²) in [6, 6.07) is 12.3. The molecule has 0 bridgehead atoms. The van der Waals surface area contributed by atoms with Crippen LogP contribution in [0.3, 0.4) is 0 Å². The molecule has 1 N–H and O–H groups in total. The molecule has 0 aromatic heterocycles. The van der Waals surface area contributed by atoms with Gasteiger partial charge in [0.2, 0.25) is 0 Å². The maximum absolute atomic E-state index is 12.6. The van der Waals surface area contributed by atoms with Crippen molar-refractivity contribution in [2.24, 2.45) is 5.92 Å². The van der Waals surface area contributed by atoms with Crippen LogP contribution in [0.1, 0.15) is 44.9 Å². The third-order valence-electron chi connectivity index (χ3n) is 4.54. The Hall–Kier alpha value is -3.00. The van der Waals surface area contributed by atoms with E-state index in [2.05, 4.69) is 21.2 Å². The van der Waals surface area contributed by atoms with Gasteiger partial charge in [-0.25, -0.2) is 9.69 Å². The van der Waals surface area contributed by atoms with Crippen molar-refractivity contribution in [2.45, 2.75) is 19.9 Å². The third-order valence-corrected chi connectivity index (χ3v) is 5.23. The fourth-order valence-corrected chi connectivity index (χ4v) is 3.40. The van der Waals surface area contributed by atoms with Gasteiger partial charge in [0.15, 0.2) is 6.73 Å². The van der Waals surface area contributed by atoms with Crippen LogP contribution in [0.25, 0.3) is 0 Å². The zero-order valence-corrected chi connectivity index (χ0v) is 17.4. The summed E-state index contributed by atoms with van der Waals surface area (Å²) in [4.78, 5) is 50.7. The molecule has 3 rings (SSSR count). The second-order valence-corrected chi connectivity index (χ2v) is 7.71. The number of hydrogen-bond acceptors (Lipinski definition) is 5. The average molecular weight is 459 g/mol. The highest BCUT2D eigenvalue weighted by Gasteiger charge is 2.36. The fourth-order valence-electron chi connectivity index (χ4n) is 2.94. The first-order valence-corrected chi connectivity index (χ1v) is 9.77. The molecule has 29 heavy (non-hydrogen) atoms. The van der Waals surface area contributed by atoms with Crippen LogP contribution in [-0.4, -0.2) is 41.4 Å². The first-order chi connectivity index (χ1) is 13.8. The van der Waals surface area contributed by atoms with Gasteiger partial charge < -0.3 is 10.1 Å². The van der Waals surface area contributed by atoms with Crippen molar-refractivity contribution in [1.82, 2.24) is 10.2 Å². The Bertz CT molecular complexity index is 954. The van der Waals surface area contributed by atoms with Crippen LogP contribution in [0, 0.1) is 5.92 Å². The number of amides is 3. The monoisotopic (exact) mass is 458 g/mol. The minimum Gasteiger partial charge on any atom is -0.442 e. The predicted octanol–water partition coefficient (Wildman–Crippen LogP) is 3.00. The second kappa shape index (κ2) is 8.57. The molecule has 1 heterocycles. The van der Waals surface area contributed by atoms with Crippen LogP contribution in [0.2, 0.25) is 0 Å². The molecule has 1 aliphatic rings. The molecular weight excluding hydrogens is 440 g/mol. The standard InChI is InChI=1S/C21H19BrN2O5/c1-12(2)17(23-18(25)15-9-5-6-10-16(15)22)21(28)29-11-24-19(26)13-7-3-4-8-14(13)20(24)27/h3-10,12,17H,11H2,1-2H3,(H,23,25). The summed E-state index contributed by atoms with van der Waals surface area (Å²) >= 11 is 3.31. The van der Waals surface area contributed by atoms with Crippen molar-refractivity contribution in [3.63, 3.8) is 0 Å². The van der Waals surface area contributed by atoms with E-state index >= 15 is 0 Å². The molecule has 150 valence electrons.